The quantitative estimate of drug-likeness (QED) is 0.645. The van der Waals surface area contributed by atoms with Crippen molar-refractivity contribution in [2.75, 3.05) is 6.61 Å². The molecule has 1 rings (SSSR count). The lowest BCUT2D eigenvalue weighted by Gasteiger charge is -2.49. The summed E-state index contributed by atoms with van der Waals surface area (Å²) >= 11 is 0. The van der Waals surface area contributed by atoms with Gasteiger partial charge in [-0.3, -0.25) is 0 Å². The van der Waals surface area contributed by atoms with Crippen LogP contribution in [0.4, 0.5) is 0 Å². The molecule has 0 bridgehead atoms. The Morgan fingerprint density at radius 3 is 1.59 bits per heavy atom. The first kappa shape index (κ1) is 20.5. The molecule has 0 amide bonds. The van der Waals surface area contributed by atoms with Crippen molar-refractivity contribution < 1.29 is 17.1 Å². The van der Waals surface area contributed by atoms with E-state index < -0.39 is 27.1 Å². The Balaban J connectivity index is 3.01. The lowest BCUT2D eigenvalue weighted by Crippen LogP contribution is -2.67. The Hall–Kier alpha value is 0.491. The van der Waals surface area contributed by atoms with Crippen LogP contribution in [-0.2, 0) is 17.1 Å². The van der Waals surface area contributed by atoms with Gasteiger partial charge >= 0.3 is 27.1 Å². The fraction of sp³-hybridized carbons (Fsp3) is 1.00. The van der Waals surface area contributed by atoms with E-state index in [1.807, 2.05) is 0 Å². The summed E-state index contributed by atoms with van der Waals surface area (Å²) in [7, 11) is -5.77. The Labute approximate surface area is 141 Å². The molecule has 0 N–H and O–H groups in total. The maximum absolute atomic E-state index is 6.61. The van der Waals surface area contributed by atoms with Crippen LogP contribution >= 0.6 is 0 Å². The number of rotatable bonds is 7. The fourth-order valence-electron chi connectivity index (χ4n) is 2.55. The van der Waals surface area contributed by atoms with Crippen LogP contribution in [-0.4, -0.2) is 39.5 Å². The number of hydrogen-bond acceptors (Lipinski definition) is 4. The summed E-state index contributed by atoms with van der Waals surface area (Å²) in [5.41, 5.74) is 1.38. The van der Waals surface area contributed by atoms with Gasteiger partial charge in [0.25, 0.3) is 0 Å². The maximum Gasteiger partial charge on any atom is 0.352 e. The molecule has 3 atom stereocenters. The molecular formula is C15H36O4Si3. The van der Waals surface area contributed by atoms with Gasteiger partial charge in [0.05, 0.1) is 5.73 Å². The molecule has 0 spiro atoms. The van der Waals surface area contributed by atoms with E-state index in [0.717, 1.165) is 6.61 Å². The van der Waals surface area contributed by atoms with Gasteiger partial charge in [-0.2, -0.15) is 0 Å². The molecule has 1 aliphatic rings. The maximum atomic E-state index is 6.61. The molecule has 1 aliphatic heterocycles. The zero-order valence-electron chi connectivity index (χ0n) is 15.9. The van der Waals surface area contributed by atoms with Crippen molar-refractivity contribution in [3.05, 3.63) is 0 Å². The van der Waals surface area contributed by atoms with Crippen molar-refractivity contribution >= 4 is 27.1 Å². The molecular weight excluding hydrogens is 328 g/mol. The third-order valence-corrected chi connectivity index (χ3v) is 16.0. The van der Waals surface area contributed by atoms with E-state index in [0.29, 0.717) is 22.5 Å². The highest BCUT2D eigenvalue weighted by molar-refractivity contribution is 6.85. The Kier molecular flexibility index (Phi) is 7.98. The minimum Gasteiger partial charge on any atom is -0.420 e. The monoisotopic (exact) mass is 364 g/mol. The molecule has 0 aromatic carbocycles. The molecule has 3 unspecified atom stereocenters. The van der Waals surface area contributed by atoms with Crippen LogP contribution in [0, 0.1) is 5.92 Å². The van der Waals surface area contributed by atoms with Gasteiger partial charge in [-0.25, -0.2) is 0 Å². The summed E-state index contributed by atoms with van der Waals surface area (Å²) < 4.78 is 25.7. The van der Waals surface area contributed by atoms with Gasteiger partial charge in [-0.1, -0.05) is 55.4 Å². The minimum absolute atomic E-state index is 0.0568. The van der Waals surface area contributed by atoms with Crippen molar-refractivity contribution in [1.29, 1.82) is 0 Å². The van der Waals surface area contributed by atoms with Gasteiger partial charge in [0.2, 0.25) is 0 Å². The predicted molar refractivity (Wildman–Crippen MR) is 98.9 cm³/mol. The van der Waals surface area contributed by atoms with Crippen LogP contribution in [0.25, 0.3) is 0 Å². The van der Waals surface area contributed by atoms with Gasteiger partial charge in [0.1, 0.15) is 0 Å². The number of ether oxygens (including phenoxy) is 1. The van der Waals surface area contributed by atoms with Crippen LogP contribution in [0.3, 0.4) is 0 Å². The van der Waals surface area contributed by atoms with Crippen molar-refractivity contribution in [2.24, 2.45) is 5.92 Å². The molecule has 0 saturated carbocycles. The predicted octanol–water partition coefficient (Wildman–Crippen LogP) is 3.76. The second kappa shape index (κ2) is 8.55. The van der Waals surface area contributed by atoms with Crippen molar-refractivity contribution in [1.82, 2.24) is 0 Å². The average molecular weight is 365 g/mol. The van der Waals surface area contributed by atoms with E-state index in [4.69, 9.17) is 17.1 Å². The Bertz CT molecular complexity index is 321. The Morgan fingerprint density at radius 1 is 0.818 bits per heavy atom. The third kappa shape index (κ3) is 4.99. The second-order valence-corrected chi connectivity index (χ2v) is 18.4. The normalized spacial score (nSPS) is 31.5. The van der Waals surface area contributed by atoms with Gasteiger partial charge < -0.3 is 17.1 Å². The van der Waals surface area contributed by atoms with Gasteiger partial charge in [0, 0.05) is 6.61 Å². The van der Waals surface area contributed by atoms with Gasteiger partial charge in [-0.05, 0) is 29.5 Å². The van der Waals surface area contributed by atoms with Crippen molar-refractivity contribution in [2.45, 2.75) is 84.7 Å². The molecule has 0 aromatic heterocycles. The van der Waals surface area contributed by atoms with Crippen molar-refractivity contribution in [3.8, 4) is 0 Å². The number of hydrogen-bond donors (Lipinski definition) is 0. The highest BCUT2D eigenvalue weighted by atomic mass is 28.5. The topological polar surface area (TPSA) is 36.9 Å². The molecule has 0 aromatic rings. The lowest BCUT2D eigenvalue weighted by molar-refractivity contribution is 0.0567. The third-order valence-electron chi connectivity index (χ3n) is 4.01. The fourth-order valence-corrected chi connectivity index (χ4v) is 18.3. The molecule has 1 saturated heterocycles. The van der Waals surface area contributed by atoms with E-state index >= 15 is 0 Å². The molecule has 4 nitrogen and oxygen atoms in total. The van der Waals surface area contributed by atoms with Crippen molar-refractivity contribution in [3.63, 3.8) is 0 Å². The standard InChI is InChI=1S/C15H36O4Si3/c1-11(2)10-16-15(9)22(14(7)8)18-20(12(3)4)17-21(19-22)13(5)6/h11-15,20-21H,10H2,1-9H3. The molecule has 0 aliphatic carbocycles. The summed E-state index contributed by atoms with van der Waals surface area (Å²) in [6.07, 6.45) is 0. The summed E-state index contributed by atoms with van der Waals surface area (Å²) in [5, 5.41) is 0. The SMILES string of the molecule is CC(C)COC(C)[Si]1(C(C)C)O[SiH](C(C)C)O[SiH](C(C)C)O1. The first-order valence-electron chi connectivity index (χ1n) is 8.72. The largest absolute Gasteiger partial charge is 0.420 e. The highest BCUT2D eigenvalue weighted by Crippen LogP contribution is 2.37. The molecule has 22 heavy (non-hydrogen) atoms. The van der Waals surface area contributed by atoms with E-state index in [9.17, 15) is 0 Å². The smallest absolute Gasteiger partial charge is 0.352 e. The second-order valence-electron chi connectivity index (χ2n) is 7.84. The zero-order chi connectivity index (χ0) is 17.1. The van der Waals surface area contributed by atoms with E-state index in [-0.39, 0.29) is 5.73 Å². The molecule has 1 heterocycles. The van der Waals surface area contributed by atoms with Crippen LogP contribution < -0.4 is 0 Å². The summed E-state index contributed by atoms with van der Waals surface area (Å²) in [6.45, 7) is 20.6. The van der Waals surface area contributed by atoms with Crippen LogP contribution in [0.15, 0.2) is 0 Å². The highest BCUT2D eigenvalue weighted by Gasteiger charge is 2.55. The Morgan fingerprint density at radius 2 is 1.27 bits per heavy atom. The van der Waals surface area contributed by atoms with Gasteiger partial charge in [-0.15, -0.1) is 0 Å². The van der Waals surface area contributed by atoms with E-state index in [2.05, 4.69) is 62.3 Å². The molecule has 7 heteroatoms. The van der Waals surface area contributed by atoms with E-state index in [1.54, 1.807) is 0 Å². The van der Waals surface area contributed by atoms with Crippen LogP contribution in [0.1, 0.15) is 62.3 Å². The molecule has 1 fully saturated rings. The van der Waals surface area contributed by atoms with Crippen LogP contribution in [0.2, 0.25) is 16.6 Å². The molecule has 0 radical (unpaired) electrons. The first-order valence-corrected chi connectivity index (χ1v) is 13.9. The van der Waals surface area contributed by atoms with E-state index in [1.165, 1.54) is 0 Å². The van der Waals surface area contributed by atoms with Gasteiger partial charge in [0.15, 0.2) is 0 Å². The summed E-state index contributed by atoms with van der Waals surface area (Å²) in [6, 6.07) is 0. The minimum atomic E-state index is -2.41. The average Bonchev–Trinajstić information content (AvgIpc) is 2.43. The summed E-state index contributed by atoms with van der Waals surface area (Å²) in [4.78, 5) is 0. The van der Waals surface area contributed by atoms with Crippen LogP contribution in [0.5, 0.6) is 0 Å². The summed E-state index contributed by atoms with van der Waals surface area (Å²) in [5.74, 6) is 0.525. The zero-order valence-corrected chi connectivity index (χ0v) is 19.2. The molecule has 132 valence electrons. The lowest BCUT2D eigenvalue weighted by atomic mass is 10.2. The first-order chi connectivity index (χ1) is 10.1.